The molecule has 7 heteroatoms. The molecular formula is C20H23FN4O2. The van der Waals surface area contributed by atoms with E-state index in [1.165, 1.54) is 29.4 Å². The smallest absolute Gasteiger partial charge is 0.267 e. The van der Waals surface area contributed by atoms with Crippen LogP contribution in [0, 0.1) is 5.82 Å². The lowest BCUT2D eigenvalue weighted by atomic mass is 10.1. The minimum Gasteiger partial charge on any atom is -0.364 e. The highest BCUT2D eigenvalue weighted by atomic mass is 19.1. The zero-order valence-electron chi connectivity index (χ0n) is 14.9. The van der Waals surface area contributed by atoms with Crippen LogP contribution < -0.4 is 10.8 Å². The number of hydrogen-bond donors (Lipinski definition) is 3. The number of rotatable bonds is 7. The van der Waals surface area contributed by atoms with E-state index in [0.717, 1.165) is 38.6 Å². The van der Waals surface area contributed by atoms with Crippen LogP contribution in [0.25, 0.3) is 6.08 Å². The molecule has 1 atom stereocenters. The summed E-state index contributed by atoms with van der Waals surface area (Å²) in [6.45, 7) is 2.81. The highest BCUT2D eigenvalue weighted by Crippen LogP contribution is 2.18. The van der Waals surface area contributed by atoms with Crippen molar-refractivity contribution in [1.29, 1.82) is 0 Å². The van der Waals surface area contributed by atoms with Gasteiger partial charge < -0.3 is 10.2 Å². The molecule has 2 aromatic rings. The average molecular weight is 370 g/mol. The van der Waals surface area contributed by atoms with Crippen LogP contribution in [0.2, 0.25) is 0 Å². The van der Waals surface area contributed by atoms with Crippen LogP contribution in [-0.4, -0.2) is 46.7 Å². The standard InChI is InChI=1S/C20H23FN4O2/c21-18-12-16(6-7-19(26)24-27)13-22-20(18)23-17-9-11-25(14-17)10-8-15-4-2-1-3-5-15/h1-7,12-13,17,27H,8-11,14H2,(H,22,23)(H,24,26)/b7-6+/t17-/m1/s1. The number of carbonyl (C=O) groups excluding carboxylic acids is 1. The molecule has 0 radical (unpaired) electrons. The normalized spacial score (nSPS) is 17.3. The Hall–Kier alpha value is -2.77. The van der Waals surface area contributed by atoms with Crippen molar-refractivity contribution in [3.05, 3.63) is 65.6 Å². The molecule has 0 saturated carbocycles. The number of aromatic nitrogens is 1. The van der Waals surface area contributed by atoms with Crippen molar-refractivity contribution in [1.82, 2.24) is 15.4 Å². The first-order chi connectivity index (χ1) is 13.1. The maximum atomic E-state index is 14.3. The van der Waals surface area contributed by atoms with E-state index < -0.39 is 11.7 Å². The van der Waals surface area contributed by atoms with Crippen molar-refractivity contribution in [3.63, 3.8) is 0 Å². The Kier molecular flexibility index (Phi) is 6.51. The van der Waals surface area contributed by atoms with Gasteiger partial charge in [-0.05, 0) is 36.1 Å². The molecule has 3 rings (SSSR count). The van der Waals surface area contributed by atoms with Gasteiger partial charge in [0.2, 0.25) is 0 Å². The molecule has 6 nitrogen and oxygen atoms in total. The molecule has 1 aromatic heterocycles. The molecule has 1 aliphatic rings. The first-order valence-corrected chi connectivity index (χ1v) is 8.94. The molecule has 1 aliphatic heterocycles. The Morgan fingerprint density at radius 3 is 2.93 bits per heavy atom. The molecule has 142 valence electrons. The Bertz CT molecular complexity index is 798. The number of hydrogen-bond acceptors (Lipinski definition) is 5. The minimum absolute atomic E-state index is 0.157. The van der Waals surface area contributed by atoms with Gasteiger partial charge in [-0.25, -0.2) is 14.9 Å². The number of carbonyl (C=O) groups is 1. The van der Waals surface area contributed by atoms with Crippen LogP contribution in [-0.2, 0) is 11.2 Å². The number of nitrogens with zero attached hydrogens (tertiary/aromatic N) is 2. The molecular weight excluding hydrogens is 347 g/mol. The van der Waals surface area contributed by atoms with E-state index in [4.69, 9.17) is 5.21 Å². The van der Waals surface area contributed by atoms with E-state index in [1.54, 1.807) is 0 Å². The van der Waals surface area contributed by atoms with Crippen molar-refractivity contribution in [2.75, 3.05) is 25.0 Å². The predicted octanol–water partition coefficient (Wildman–Crippen LogP) is 2.47. The summed E-state index contributed by atoms with van der Waals surface area (Å²) in [6.07, 6.45) is 5.91. The lowest BCUT2D eigenvalue weighted by Crippen LogP contribution is -2.28. The predicted molar refractivity (Wildman–Crippen MR) is 102 cm³/mol. The molecule has 0 aliphatic carbocycles. The Morgan fingerprint density at radius 2 is 2.19 bits per heavy atom. The zero-order chi connectivity index (χ0) is 19.1. The van der Waals surface area contributed by atoms with Crippen LogP contribution in [0.4, 0.5) is 10.2 Å². The van der Waals surface area contributed by atoms with Gasteiger partial charge in [0.15, 0.2) is 11.6 Å². The molecule has 0 unspecified atom stereocenters. The van der Waals surface area contributed by atoms with Gasteiger partial charge in [-0.3, -0.25) is 10.0 Å². The topological polar surface area (TPSA) is 77.5 Å². The maximum absolute atomic E-state index is 14.3. The first-order valence-electron chi connectivity index (χ1n) is 8.94. The summed E-state index contributed by atoms with van der Waals surface area (Å²) >= 11 is 0. The Balaban J connectivity index is 1.50. The number of hydroxylamine groups is 1. The van der Waals surface area contributed by atoms with Gasteiger partial charge >= 0.3 is 0 Å². The number of anilines is 1. The molecule has 1 saturated heterocycles. The van der Waals surface area contributed by atoms with Gasteiger partial charge in [-0.1, -0.05) is 30.3 Å². The monoisotopic (exact) mass is 370 g/mol. The van der Waals surface area contributed by atoms with Crippen LogP contribution in [0.15, 0.2) is 48.7 Å². The first kappa shape index (κ1) is 19.0. The second kappa shape index (κ2) is 9.25. The van der Waals surface area contributed by atoms with Gasteiger partial charge in [0, 0.05) is 37.9 Å². The maximum Gasteiger partial charge on any atom is 0.267 e. The van der Waals surface area contributed by atoms with E-state index in [0.29, 0.717) is 5.56 Å². The quantitative estimate of drug-likeness (QED) is 0.397. The molecule has 0 bridgehead atoms. The van der Waals surface area contributed by atoms with Gasteiger partial charge in [0.05, 0.1) is 0 Å². The third-order valence-electron chi connectivity index (χ3n) is 4.57. The molecule has 1 amide bonds. The van der Waals surface area contributed by atoms with Crippen molar-refractivity contribution in [2.24, 2.45) is 0 Å². The highest BCUT2D eigenvalue weighted by Gasteiger charge is 2.23. The second-order valence-electron chi connectivity index (χ2n) is 6.57. The van der Waals surface area contributed by atoms with E-state index in [2.05, 4.69) is 27.3 Å². The summed E-state index contributed by atoms with van der Waals surface area (Å²) in [7, 11) is 0. The van der Waals surface area contributed by atoms with Gasteiger partial charge in [0.25, 0.3) is 5.91 Å². The zero-order valence-corrected chi connectivity index (χ0v) is 14.9. The van der Waals surface area contributed by atoms with Crippen molar-refractivity contribution >= 4 is 17.8 Å². The Morgan fingerprint density at radius 1 is 1.37 bits per heavy atom. The van der Waals surface area contributed by atoms with Crippen LogP contribution in [0.5, 0.6) is 0 Å². The number of benzene rings is 1. The summed E-state index contributed by atoms with van der Waals surface area (Å²) in [5.41, 5.74) is 3.24. The second-order valence-corrected chi connectivity index (χ2v) is 6.57. The SMILES string of the molecule is O=C(/C=C/c1cnc(N[C@@H]2CCN(CCc3ccccc3)C2)c(F)c1)NO. The fourth-order valence-corrected chi connectivity index (χ4v) is 3.14. The number of likely N-dealkylation sites (tertiary alicyclic amines) is 1. The lowest BCUT2D eigenvalue weighted by Gasteiger charge is -2.17. The van der Waals surface area contributed by atoms with E-state index in [1.807, 2.05) is 18.2 Å². The molecule has 1 fully saturated rings. The molecule has 27 heavy (non-hydrogen) atoms. The number of amides is 1. The molecule has 1 aromatic carbocycles. The van der Waals surface area contributed by atoms with Gasteiger partial charge in [-0.15, -0.1) is 0 Å². The third kappa shape index (κ3) is 5.60. The lowest BCUT2D eigenvalue weighted by molar-refractivity contribution is -0.124. The highest BCUT2D eigenvalue weighted by molar-refractivity contribution is 5.90. The van der Waals surface area contributed by atoms with Crippen molar-refractivity contribution < 1.29 is 14.4 Å². The average Bonchev–Trinajstić information content (AvgIpc) is 3.14. The molecule has 0 spiro atoms. The van der Waals surface area contributed by atoms with Crippen LogP contribution in [0.1, 0.15) is 17.5 Å². The summed E-state index contributed by atoms with van der Waals surface area (Å²) in [4.78, 5) is 17.4. The molecule has 3 N–H and O–H groups in total. The largest absolute Gasteiger partial charge is 0.364 e. The van der Waals surface area contributed by atoms with Gasteiger partial charge in [-0.2, -0.15) is 0 Å². The summed E-state index contributed by atoms with van der Waals surface area (Å²) in [5.74, 6) is -0.933. The fourth-order valence-electron chi connectivity index (χ4n) is 3.14. The third-order valence-corrected chi connectivity index (χ3v) is 4.57. The Labute approximate surface area is 157 Å². The number of pyridine rings is 1. The fraction of sp³-hybridized carbons (Fsp3) is 0.300. The minimum atomic E-state index is -0.681. The van der Waals surface area contributed by atoms with Crippen molar-refractivity contribution in [3.8, 4) is 0 Å². The van der Waals surface area contributed by atoms with E-state index in [9.17, 15) is 9.18 Å². The van der Waals surface area contributed by atoms with Gasteiger partial charge in [0.1, 0.15) is 0 Å². The summed E-state index contributed by atoms with van der Waals surface area (Å²) in [6, 6.07) is 11.8. The number of halogens is 1. The summed E-state index contributed by atoms with van der Waals surface area (Å²) < 4.78 is 14.3. The molecule has 2 heterocycles. The van der Waals surface area contributed by atoms with Crippen LogP contribution >= 0.6 is 0 Å². The van der Waals surface area contributed by atoms with Crippen LogP contribution in [0.3, 0.4) is 0 Å². The number of nitrogens with one attached hydrogen (secondary N) is 2. The summed E-state index contributed by atoms with van der Waals surface area (Å²) in [5, 5.41) is 11.6. The van der Waals surface area contributed by atoms with E-state index >= 15 is 0 Å². The van der Waals surface area contributed by atoms with E-state index in [-0.39, 0.29) is 11.9 Å². The van der Waals surface area contributed by atoms with Crippen molar-refractivity contribution in [2.45, 2.75) is 18.9 Å².